The van der Waals surface area contributed by atoms with Gasteiger partial charge >= 0.3 is 6.09 Å². The Morgan fingerprint density at radius 2 is 1.93 bits per heavy atom. The van der Waals surface area contributed by atoms with Crippen LogP contribution < -0.4 is 0 Å². The fourth-order valence-corrected chi connectivity index (χ4v) is 4.85. The molecular formula is C21H25N3O4S. The second-order valence-electron chi connectivity index (χ2n) is 7.45. The lowest BCUT2D eigenvalue weighted by Crippen LogP contribution is -2.50. The van der Waals surface area contributed by atoms with E-state index in [2.05, 4.69) is 4.98 Å². The van der Waals surface area contributed by atoms with Crippen LogP contribution in [0.4, 0.5) is 4.79 Å². The average molecular weight is 416 g/mol. The molecule has 4 rings (SSSR count). The maximum atomic E-state index is 13.3. The number of ether oxygens (including phenoxy) is 1. The van der Waals surface area contributed by atoms with Gasteiger partial charge in [-0.2, -0.15) is 0 Å². The minimum atomic E-state index is -0.790. The van der Waals surface area contributed by atoms with Crippen LogP contribution in [0.2, 0.25) is 0 Å². The summed E-state index contributed by atoms with van der Waals surface area (Å²) in [5, 5.41) is 13.2. The maximum absolute atomic E-state index is 13.3. The van der Waals surface area contributed by atoms with Crippen LogP contribution in [0.15, 0.2) is 41.9 Å². The van der Waals surface area contributed by atoms with Gasteiger partial charge in [0, 0.05) is 24.7 Å². The van der Waals surface area contributed by atoms with Crippen molar-refractivity contribution in [2.75, 3.05) is 13.1 Å². The van der Waals surface area contributed by atoms with Gasteiger partial charge in [-0.05, 0) is 31.2 Å². The van der Waals surface area contributed by atoms with E-state index in [1.807, 2.05) is 35.7 Å². The first-order valence-corrected chi connectivity index (χ1v) is 10.9. The Kier molecular flexibility index (Phi) is 6.10. The molecule has 1 N–H and O–H groups in total. The first-order valence-electron chi connectivity index (χ1n) is 10.0. The molecule has 2 saturated heterocycles. The smallest absolute Gasteiger partial charge is 0.410 e. The van der Waals surface area contributed by atoms with Crippen LogP contribution in [0, 0.1) is 0 Å². The fraction of sp³-hybridized carbons (Fsp3) is 0.476. The number of benzene rings is 1. The summed E-state index contributed by atoms with van der Waals surface area (Å²) in [6, 6.07) is 8.68. The Morgan fingerprint density at radius 3 is 2.69 bits per heavy atom. The van der Waals surface area contributed by atoms with Crippen molar-refractivity contribution in [1.29, 1.82) is 0 Å². The standard InChI is InChI=1S/C21H25N3O4S/c25-18(19-22-10-13-29-19)16-8-4-11-23(16)20(26)17-9-5-12-24(17)21(27)28-14-15-6-2-1-3-7-15/h1-3,6-7,10,13,16-18,25H,4-5,8-9,11-12,14H2/t16-,17-,18?/m0/s1. The van der Waals surface area contributed by atoms with Gasteiger partial charge < -0.3 is 14.7 Å². The van der Waals surface area contributed by atoms with E-state index in [1.165, 1.54) is 16.2 Å². The zero-order valence-electron chi connectivity index (χ0n) is 16.1. The summed E-state index contributed by atoms with van der Waals surface area (Å²) in [5.41, 5.74) is 0.911. The lowest BCUT2D eigenvalue weighted by molar-refractivity contribution is -0.138. The molecule has 29 heavy (non-hydrogen) atoms. The van der Waals surface area contributed by atoms with Crippen LogP contribution in [-0.2, 0) is 16.1 Å². The third-order valence-corrected chi connectivity index (χ3v) is 6.47. The molecule has 8 heteroatoms. The highest BCUT2D eigenvalue weighted by atomic mass is 32.1. The Morgan fingerprint density at radius 1 is 1.17 bits per heavy atom. The van der Waals surface area contributed by atoms with Crippen molar-refractivity contribution in [2.24, 2.45) is 0 Å². The summed E-state index contributed by atoms with van der Waals surface area (Å²) in [6.07, 6.45) is 3.37. The quantitative estimate of drug-likeness (QED) is 0.812. The molecule has 0 aliphatic carbocycles. The lowest BCUT2D eigenvalue weighted by Gasteiger charge is -2.32. The Labute approximate surface area is 173 Å². The first-order chi connectivity index (χ1) is 14.1. The largest absolute Gasteiger partial charge is 0.445 e. The molecule has 7 nitrogen and oxygen atoms in total. The molecule has 2 aliphatic heterocycles. The molecule has 2 aromatic rings. The van der Waals surface area contributed by atoms with Crippen molar-refractivity contribution < 1.29 is 19.4 Å². The van der Waals surface area contributed by atoms with Gasteiger partial charge in [0.15, 0.2) is 0 Å². The van der Waals surface area contributed by atoms with Crippen LogP contribution >= 0.6 is 11.3 Å². The Bertz CT molecular complexity index is 830. The molecule has 0 saturated carbocycles. The third kappa shape index (κ3) is 4.28. The number of carbonyl (C=O) groups excluding carboxylic acids is 2. The van der Waals surface area contributed by atoms with Crippen LogP contribution in [0.25, 0.3) is 0 Å². The molecule has 0 radical (unpaired) electrons. The second-order valence-corrected chi connectivity index (χ2v) is 8.37. The number of aromatic nitrogens is 1. The normalized spacial score (nSPS) is 22.7. The highest BCUT2D eigenvalue weighted by Gasteiger charge is 2.43. The summed E-state index contributed by atoms with van der Waals surface area (Å²) >= 11 is 1.39. The lowest BCUT2D eigenvalue weighted by atomic mass is 10.1. The molecule has 2 fully saturated rings. The number of rotatable bonds is 5. The van der Waals surface area contributed by atoms with E-state index in [0.717, 1.165) is 24.8 Å². The van der Waals surface area contributed by atoms with E-state index >= 15 is 0 Å². The van der Waals surface area contributed by atoms with Crippen LogP contribution in [0.3, 0.4) is 0 Å². The van der Waals surface area contributed by atoms with Gasteiger partial charge in [0.05, 0.1) is 6.04 Å². The molecule has 2 aliphatic rings. The van der Waals surface area contributed by atoms with E-state index in [-0.39, 0.29) is 18.6 Å². The highest BCUT2D eigenvalue weighted by molar-refractivity contribution is 7.09. The highest BCUT2D eigenvalue weighted by Crippen LogP contribution is 2.32. The number of amides is 2. The van der Waals surface area contributed by atoms with Crippen LogP contribution in [0.5, 0.6) is 0 Å². The van der Waals surface area contributed by atoms with E-state index in [1.54, 1.807) is 11.1 Å². The monoisotopic (exact) mass is 415 g/mol. The number of carbonyl (C=O) groups is 2. The first kappa shape index (κ1) is 19.8. The molecule has 1 aromatic carbocycles. The molecule has 0 bridgehead atoms. The molecule has 3 heterocycles. The fourth-order valence-electron chi connectivity index (χ4n) is 4.18. The maximum Gasteiger partial charge on any atom is 0.410 e. The van der Waals surface area contributed by atoms with Gasteiger partial charge in [-0.15, -0.1) is 11.3 Å². The number of nitrogens with zero attached hydrogens (tertiary/aromatic N) is 3. The number of aliphatic hydroxyl groups is 1. The van der Waals surface area contributed by atoms with Crippen LogP contribution in [0.1, 0.15) is 42.4 Å². The number of thiazole rings is 1. The molecule has 1 aromatic heterocycles. The van der Waals surface area contributed by atoms with E-state index < -0.39 is 18.2 Å². The van der Waals surface area contributed by atoms with E-state index in [9.17, 15) is 14.7 Å². The van der Waals surface area contributed by atoms with Gasteiger partial charge in [0.2, 0.25) is 5.91 Å². The van der Waals surface area contributed by atoms with Gasteiger partial charge in [0.1, 0.15) is 23.8 Å². The number of likely N-dealkylation sites (tertiary alicyclic amines) is 2. The predicted molar refractivity (Wildman–Crippen MR) is 108 cm³/mol. The summed E-state index contributed by atoms with van der Waals surface area (Å²) in [4.78, 5) is 33.4. The van der Waals surface area contributed by atoms with Gasteiger partial charge in [0.25, 0.3) is 0 Å². The minimum absolute atomic E-state index is 0.0998. The molecule has 154 valence electrons. The van der Waals surface area contributed by atoms with Crippen molar-refractivity contribution in [3.63, 3.8) is 0 Å². The predicted octanol–water partition coefficient (Wildman–Crippen LogP) is 2.97. The Balaban J connectivity index is 1.41. The molecule has 3 atom stereocenters. The average Bonchev–Trinajstić information content (AvgIpc) is 3.52. The van der Waals surface area contributed by atoms with Crippen molar-refractivity contribution in [3.8, 4) is 0 Å². The van der Waals surface area contributed by atoms with Crippen molar-refractivity contribution in [3.05, 3.63) is 52.5 Å². The van der Waals surface area contributed by atoms with Crippen LogP contribution in [-0.4, -0.2) is 57.1 Å². The van der Waals surface area contributed by atoms with Gasteiger partial charge in [-0.25, -0.2) is 9.78 Å². The van der Waals surface area contributed by atoms with Crippen molar-refractivity contribution in [2.45, 2.75) is 50.5 Å². The summed E-state index contributed by atoms with van der Waals surface area (Å²) in [7, 11) is 0. The Hall–Kier alpha value is -2.45. The number of hydrogen-bond acceptors (Lipinski definition) is 6. The van der Waals surface area contributed by atoms with E-state index in [0.29, 0.717) is 24.5 Å². The topological polar surface area (TPSA) is 83.0 Å². The zero-order valence-corrected chi connectivity index (χ0v) is 17.0. The summed E-state index contributed by atoms with van der Waals surface area (Å²) in [6.45, 7) is 1.29. The number of hydrogen-bond donors (Lipinski definition) is 1. The summed E-state index contributed by atoms with van der Waals surface area (Å²) in [5.74, 6) is -0.0998. The molecular weight excluding hydrogens is 390 g/mol. The van der Waals surface area contributed by atoms with Crippen molar-refractivity contribution >= 4 is 23.3 Å². The molecule has 1 unspecified atom stereocenters. The second kappa shape index (κ2) is 8.92. The number of aliphatic hydroxyl groups excluding tert-OH is 1. The molecule has 0 spiro atoms. The van der Waals surface area contributed by atoms with Crippen molar-refractivity contribution in [1.82, 2.24) is 14.8 Å². The zero-order chi connectivity index (χ0) is 20.2. The van der Waals surface area contributed by atoms with Gasteiger partial charge in [-0.3, -0.25) is 9.69 Å². The summed E-state index contributed by atoms with van der Waals surface area (Å²) < 4.78 is 5.45. The minimum Gasteiger partial charge on any atom is -0.445 e. The van der Waals surface area contributed by atoms with E-state index in [4.69, 9.17) is 4.74 Å². The third-order valence-electron chi connectivity index (χ3n) is 5.63. The SMILES string of the molecule is O=C(OCc1ccccc1)N1CCC[C@H]1C(=O)N1CCC[C@H]1C(O)c1nccs1. The molecule has 2 amide bonds. The van der Waals surface area contributed by atoms with Gasteiger partial charge in [-0.1, -0.05) is 30.3 Å².